The highest BCUT2D eigenvalue weighted by Crippen LogP contribution is 2.30. The summed E-state index contributed by atoms with van der Waals surface area (Å²) < 4.78 is 48.6. The molecule has 4 nitrogen and oxygen atoms in total. The van der Waals surface area contributed by atoms with Crippen molar-refractivity contribution in [2.45, 2.75) is 39.0 Å². The van der Waals surface area contributed by atoms with Crippen LogP contribution in [0.3, 0.4) is 0 Å². The maximum atomic E-state index is 12.5. The molecule has 0 aliphatic heterocycles. The number of fused-ring (bicyclic) bond motifs is 1. The Balaban J connectivity index is 1.65. The average Bonchev–Trinajstić information content (AvgIpc) is 3.20. The fraction of sp³-hybridized carbons (Fsp3) is 0.250. The van der Waals surface area contributed by atoms with Gasteiger partial charge in [0.1, 0.15) is 5.75 Å². The molecule has 3 aromatic carbocycles. The van der Waals surface area contributed by atoms with Gasteiger partial charge in [0.05, 0.1) is 12.1 Å². The first-order valence-electron chi connectivity index (χ1n) is 11.5. The molecule has 0 atom stereocenters. The molecule has 0 amide bonds. The van der Waals surface area contributed by atoms with Crippen LogP contribution in [0, 0.1) is 0 Å². The van der Waals surface area contributed by atoms with Crippen molar-refractivity contribution >= 4 is 16.9 Å². The number of carbonyl (C=O) groups is 1. The molecule has 1 aromatic heterocycles. The number of ether oxygens (including phenoxy) is 2. The van der Waals surface area contributed by atoms with E-state index in [2.05, 4.69) is 22.9 Å². The van der Waals surface area contributed by atoms with Crippen molar-refractivity contribution in [1.29, 1.82) is 0 Å². The summed E-state index contributed by atoms with van der Waals surface area (Å²) in [5.41, 5.74) is 5.04. The predicted octanol–water partition coefficient (Wildman–Crippen LogP) is 6.81. The van der Waals surface area contributed by atoms with Gasteiger partial charge in [0.25, 0.3) is 0 Å². The topological polar surface area (TPSA) is 40.5 Å². The lowest BCUT2D eigenvalue weighted by Crippen LogP contribution is -2.17. The number of aromatic nitrogens is 1. The summed E-state index contributed by atoms with van der Waals surface area (Å²) in [5, 5.41) is 1.05. The highest BCUT2D eigenvalue weighted by atomic mass is 19.4. The second-order valence-electron chi connectivity index (χ2n) is 8.21. The molecule has 0 fully saturated rings. The maximum Gasteiger partial charge on any atom is 0.573 e. The molecule has 0 saturated carbocycles. The van der Waals surface area contributed by atoms with E-state index in [1.165, 1.54) is 17.7 Å². The Bertz CT molecular complexity index is 1280. The van der Waals surface area contributed by atoms with E-state index in [1.54, 1.807) is 19.1 Å². The van der Waals surface area contributed by atoms with Crippen LogP contribution in [0.5, 0.6) is 5.75 Å². The van der Waals surface area contributed by atoms with Crippen LogP contribution in [-0.2, 0) is 28.8 Å². The van der Waals surface area contributed by atoms with Crippen molar-refractivity contribution in [3.8, 4) is 11.4 Å². The van der Waals surface area contributed by atoms with Crippen molar-refractivity contribution in [2.24, 2.45) is 0 Å². The van der Waals surface area contributed by atoms with E-state index in [1.807, 2.05) is 41.1 Å². The monoisotopic (exact) mass is 481 g/mol. The van der Waals surface area contributed by atoms with Crippen LogP contribution >= 0.6 is 0 Å². The van der Waals surface area contributed by atoms with Gasteiger partial charge in [-0.2, -0.15) is 0 Å². The minimum absolute atomic E-state index is 0.226. The van der Waals surface area contributed by atoms with Crippen LogP contribution in [0.2, 0.25) is 0 Å². The van der Waals surface area contributed by atoms with Gasteiger partial charge in [0.2, 0.25) is 0 Å². The summed E-state index contributed by atoms with van der Waals surface area (Å²) in [5.74, 6) is -0.487. The van der Waals surface area contributed by atoms with Crippen LogP contribution in [0.4, 0.5) is 13.2 Å². The largest absolute Gasteiger partial charge is 0.573 e. The minimum atomic E-state index is -4.73. The number of esters is 1. The van der Waals surface area contributed by atoms with Crippen LogP contribution in [0.25, 0.3) is 16.6 Å². The first-order valence-corrected chi connectivity index (χ1v) is 11.5. The third kappa shape index (κ3) is 6.44. The van der Waals surface area contributed by atoms with Gasteiger partial charge >= 0.3 is 12.3 Å². The summed E-state index contributed by atoms with van der Waals surface area (Å²) in [6.45, 7) is 2.14. The highest BCUT2D eigenvalue weighted by molar-refractivity contribution is 5.86. The van der Waals surface area contributed by atoms with Crippen LogP contribution in [0.15, 0.2) is 79.0 Å². The van der Waals surface area contributed by atoms with Crippen molar-refractivity contribution in [3.05, 3.63) is 95.7 Å². The van der Waals surface area contributed by atoms with Gasteiger partial charge in [-0.25, -0.2) is 0 Å². The van der Waals surface area contributed by atoms with Gasteiger partial charge in [-0.3, -0.25) is 4.79 Å². The highest BCUT2D eigenvalue weighted by Gasteiger charge is 2.31. The van der Waals surface area contributed by atoms with Gasteiger partial charge < -0.3 is 14.0 Å². The molecule has 0 N–H and O–H groups in total. The Morgan fingerprint density at radius 1 is 0.886 bits per heavy atom. The standard InChI is InChI=1S/C28H26F3NO3/c1-2-34-27(33)17-10-21-9-16-26-25(18-21)22(11-8-20-6-4-3-5-7-20)19-32(26)23-12-14-24(15-13-23)35-28(29,30)31/h3-7,9,12-16,18-19H,2,8,10-11,17H2,1H3. The first-order chi connectivity index (χ1) is 16.8. The van der Waals surface area contributed by atoms with Crippen LogP contribution in [0.1, 0.15) is 30.0 Å². The van der Waals surface area contributed by atoms with Crippen molar-refractivity contribution in [3.63, 3.8) is 0 Å². The van der Waals surface area contributed by atoms with Crippen molar-refractivity contribution in [2.75, 3.05) is 6.61 Å². The zero-order valence-electron chi connectivity index (χ0n) is 19.3. The lowest BCUT2D eigenvalue weighted by molar-refractivity contribution is -0.274. The number of hydrogen-bond acceptors (Lipinski definition) is 3. The zero-order chi connectivity index (χ0) is 24.8. The van der Waals surface area contributed by atoms with Gasteiger partial charge in [-0.05, 0) is 79.3 Å². The van der Waals surface area contributed by atoms with E-state index in [0.717, 1.165) is 40.6 Å². The Morgan fingerprint density at radius 3 is 2.31 bits per heavy atom. The summed E-state index contributed by atoms with van der Waals surface area (Å²) in [6.07, 6.45) is -0.175. The Labute approximate surface area is 201 Å². The van der Waals surface area contributed by atoms with Crippen LogP contribution < -0.4 is 4.74 Å². The van der Waals surface area contributed by atoms with Crippen molar-refractivity contribution in [1.82, 2.24) is 4.57 Å². The summed E-state index contributed by atoms with van der Waals surface area (Å²) in [6, 6.07) is 22.1. The average molecular weight is 482 g/mol. The molecular formula is C28H26F3NO3. The smallest absolute Gasteiger partial charge is 0.466 e. The van der Waals surface area contributed by atoms with E-state index < -0.39 is 6.36 Å². The van der Waals surface area contributed by atoms with E-state index in [-0.39, 0.29) is 11.7 Å². The fourth-order valence-corrected chi connectivity index (χ4v) is 4.13. The summed E-state index contributed by atoms with van der Waals surface area (Å²) in [7, 11) is 0. The number of benzene rings is 3. The third-order valence-electron chi connectivity index (χ3n) is 5.75. The number of halogens is 3. The molecule has 182 valence electrons. The van der Waals surface area contributed by atoms with E-state index >= 15 is 0 Å². The van der Waals surface area contributed by atoms with Gasteiger partial charge in [-0.15, -0.1) is 13.2 Å². The van der Waals surface area contributed by atoms with Gasteiger partial charge in [0.15, 0.2) is 0 Å². The second kappa shape index (κ2) is 10.7. The SMILES string of the molecule is CCOC(=O)CCc1ccc2c(c1)c(CCc1ccccc1)cn2-c1ccc(OC(F)(F)F)cc1. The molecule has 0 radical (unpaired) electrons. The maximum absolute atomic E-state index is 12.5. The number of hydrogen-bond donors (Lipinski definition) is 0. The zero-order valence-corrected chi connectivity index (χ0v) is 19.3. The van der Waals surface area contributed by atoms with E-state index in [9.17, 15) is 18.0 Å². The van der Waals surface area contributed by atoms with Gasteiger partial charge in [0, 0.05) is 23.7 Å². The van der Waals surface area contributed by atoms with Gasteiger partial charge in [-0.1, -0.05) is 36.4 Å². The number of alkyl halides is 3. The number of nitrogens with zero attached hydrogens (tertiary/aromatic N) is 1. The molecule has 4 rings (SSSR count). The Hall–Kier alpha value is -3.74. The van der Waals surface area contributed by atoms with Crippen molar-refractivity contribution < 1.29 is 27.4 Å². The normalized spacial score (nSPS) is 11.5. The molecule has 0 spiro atoms. The molecule has 0 aliphatic rings. The number of carbonyl (C=O) groups excluding carboxylic acids is 1. The molecular weight excluding hydrogens is 455 g/mol. The fourth-order valence-electron chi connectivity index (χ4n) is 4.13. The quantitative estimate of drug-likeness (QED) is 0.247. The number of aryl methyl sites for hydroxylation is 3. The molecule has 4 aromatic rings. The molecule has 0 bridgehead atoms. The molecule has 0 saturated heterocycles. The van der Waals surface area contributed by atoms with E-state index in [0.29, 0.717) is 19.4 Å². The Kier molecular flexibility index (Phi) is 7.44. The van der Waals surface area contributed by atoms with E-state index in [4.69, 9.17) is 4.74 Å². The lowest BCUT2D eigenvalue weighted by Gasteiger charge is -2.10. The lowest BCUT2D eigenvalue weighted by atomic mass is 10.0. The molecule has 0 unspecified atom stereocenters. The summed E-state index contributed by atoms with van der Waals surface area (Å²) >= 11 is 0. The molecule has 7 heteroatoms. The molecule has 1 heterocycles. The number of rotatable bonds is 9. The predicted molar refractivity (Wildman–Crippen MR) is 129 cm³/mol. The minimum Gasteiger partial charge on any atom is -0.466 e. The third-order valence-corrected chi connectivity index (χ3v) is 5.75. The first kappa shape index (κ1) is 24.4. The second-order valence-corrected chi connectivity index (χ2v) is 8.21. The Morgan fingerprint density at radius 2 is 1.63 bits per heavy atom. The van der Waals surface area contributed by atoms with Crippen LogP contribution in [-0.4, -0.2) is 23.5 Å². The molecule has 0 aliphatic carbocycles. The molecule has 35 heavy (non-hydrogen) atoms. The summed E-state index contributed by atoms with van der Waals surface area (Å²) in [4.78, 5) is 11.8.